The fourth-order valence-corrected chi connectivity index (χ4v) is 5.85. The summed E-state index contributed by atoms with van der Waals surface area (Å²) in [5.41, 5.74) is 1.52. The lowest BCUT2D eigenvalue weighted by Gasteiger charge is -2.56. The summed E-state index contributed by atoms with van der Waals surface area (Å²) in [6, 6.07) is 2.45. The first-order chi connectivity index (χ1) is 10.6. The van der Waals surface area contributed by atoms with Gasteiger partial charge in [0, 0.05) is 16.5 Å². The van der Waals surface area contributed by atoms with Crippen LogP contribution < -0.4 is 5.32 Å². The molecule has 3 fully saturated rings. The van der Waals surface area contributed by atoms with Gasteiger partial charge in [0.05, 0.1) is 4.88 Å². The molecule has 2 bridgehead atoms. The predicted octanol–water partition coefficient (Wildman–Crippen LogP) is 3.23. The maximum atomic E-state index is 12.8. The molecular weight excluding hydrogens is 292 g/mol. The Kier molecular flexibility index (Phi) is 3.57. The molecule has 4 heteroatoms. The number of nitrogens with zero attached hydrogens (tertiary/aromatic N) is 1. The lowest BCUT2D eigenvalue weighted by atomic mass is 9.72. The molecule has 1 aromatic heterocycles. The van der Waals surface area contributed by atoms with E-state index in [2.05, 4.69) is 30.1 Å². The van der Waals surface area contributed by atoms with Crippen LogP contribution in [-0.2, 0) is 12.8 Å². The van der Waals surface area contributed by atoms with Crippen molar-refractivity contribution in [1.29, 1.82) is 0 Å². The van der Waals surface area contributed by atoms with Gasteiger partial charge in [-0.15, -0.1) is 11.3 Å². The molecule has 0 unspecified atom stereocenters. The van der Waals surface area contributed by atoms with Crippen LogP contribution >= 0.6 is 11.3 Å². The largest absolute Gasteiger partial charge is 0.346 e. The van der Waals surface area contributed by atoms with E-state index in [1.807, 2.05) is 0 Å². The number of thiophene rings is 1. The second kappa shape index (κ2) is 5.34. The topological polar surface area (TPSA) is 32.3 Å². The summed E-state index contributed by atoms with van der Waals surface area (Å²) in [6.45, 7) is 6.97. The summed E-state index contributed by atoms with van der Waals surface area (Å²) in [4.78, 5) is 17.7. The highest BCUT2D eigenvalue weighted by atomic mass is 32.1. The molecule has 4 aliphatic rings. The minimum atomic E-state index is 0.0910. The van der Waals surface area contributed by atoms with Gasteiger partial charge in [-0.1, -0.05) is 0 Å². The highest BCUT2D eigenvalue weighted by Crippen LogP contribution is 2.39. The Morgan fingerprint density at radius 2 is 2.00 bits per heavy atom. The van der Waals surface area contributed by atoms with E-state index in [1.165, 1.54) is 55.6 Å². The molecule has 3 aliphatic heterocycles. The monoisotopic (exact) mass is 318 g/mol. The molecule has 3 nitrogen and oxygen atoms in total. The van der Waals surface area contributed by atoms with Crippen LogP contribution in [0.3, 0.4) is 0 Å². The number of hydrogen-bond acceptors (Lipinski definition) is 3. The Hall–Kier alpha value is -0.870. The molecule has 0 spiro atoms. The van der Waals surface area contributed by atoms with Crippen molar-refractivity contribution < 1.29 is 4.79 Å². The Morgan fingerprint density at radius 3 is 2.68 bits per heavy atom. The van der Waals surface area contributed by atoms with Crippen molar-refractivity contribution in [2.24, 2.45) is 5.92 Å². The quantitative estimate of drug-likeness (QED) is 0.908. The fraction of sp³-hybridized carbons (Fsp3) is 0.722. The molecule has 5 rings (SSSR count). The normalized spacial score (nSPS) is 32.5. The zero-order valence-electron chi connectivity index (χ0n) is 13.7. The maximum absolute atomic E-state index is 12.8. The van der Waals surface area contributed by atoms with Crippen molar-refractivity contribution in [3.63, 3.8) is 0 Å². The van der Waals surface area contributed by atoms with Crippen LogP contribution in [0.15, 0.2) is 6.07 Å². The molecule has 0 saturated carbocycles. The van der Waals surface area contributed by atoms with E-state index in [-0.39, 0.29) is 11.4 Å². The van der Waals surface area contributed by atoms with E-state index in [9.17, 15) is 4.79 Å². The third kappa shape index (κ3) is 2.31. The second-order valence-electron chi connectivity index (χ2n) is 7.70. The van der Waals surface area contributed by atoms with Crippen LogP contribution in [0.25, 0.3) is 0 Å². The zero-order valence-corrected chi connectivity index (χ0v) is 14.5. The molecule has 22 heavy (non-hydrogen) atoms. The molecular formula is C18H26N2OS. The third-order valence-corrected chi connectivity index (χ3v) is 7.33. The molecule has 1 amide bonds. The number of nitrogens with one attached hydrogen (secondary N) is 1. The Morgan fingerprint density at radius 1 is 1.27 bits per heavy atom. The highest BCUT2D eigenvalue weighted by molar-refractivity contribution is 7.14. The number of piperidine rings is 3. The summed E-state index contributed by atoms with van der Waals surface area (Å²) >= 11 is 1.73. The van der Waals surface area contributed by atoms with Crippen molar-refractivity contribution in [1.82, 2.24) is 10.2 Å². The summed E-state index contributed by atoms with van der Waals surface area (Å²) < 4.78 is 0. The summed E-state index contributed by atoms with van der Waals surface area (Å²) in [6.07, 6.45) is 7.34. The number of aryl methyl sites for hydroxylation is 2. The van der Waals surface area contributed by atoms with Gasteiger partial charge in [0.2, 0.25) is 0 Å². The number of fused-ring (bicyclic) bond motifs is 4. The molecule has 3 saturated heterocycles. The molecule has 0 aromatic carbocycles. The smallest absolute Gasteiger partial charge is 0.261 e. The lowest BCUT2D eigenvalue weighted by molar-refractivity contribution is -0.0377. The van der Waals surface area contributed by atoms with Gasteiger partial charge >= 0.3 is 0 Å². The van der Waals surface area contributed by atoms with Gasteiger partial charge in [0.15, 0.2) is 0 Å². The van der Waals surface area contributed by atoms with Gasteiger partial charge in [-0.2, -0.15) is 0 Å². The van der Waals surface area contributed by atoms with E-state index >= 15 is 0 Å². The predicted molar refractivity (Wildman–Crippen MR) is 90.6 cm³/mol. The van der Waals surface area contributed by atoms with Gasteiger partial charge in [0.1, 0.15) is 0 Å². The Bertz CT molecular complexity index is 560. The van der Waals surface area contributed by atoms with Crippen LogP contribution in [-0.4, -0.2) is 35.5 Å². The van der Waals surface area contributed by atoms with Gasteiger partial charge in [-0.05, 0) is 83.0 Å². The van der Waals surface area contributed by atoms with Crippen LogP contribution in [0.4, 0.5) is 0 Å². The maximum Gasteiger partial charge on any atom is 0.261 e. The first-order valence-electron chi connectivity index (χ1n) is 8.73. The molecule has 1 aliphatic carbocycles. The minimum absolute atomic E-state index is 0.0910. The second-order valence-corrected chi connectivity index (χ2v) is 8.83. The van der Waals surface area contributed by atoms with Crippen LogP contribution in [0.2, 0.25) is 0 Å². The standard InChI is InChI=1S/C18H26N2OS/c1-18(2)16(12-7-9-20(18)10-8-12)19-17(21)15-11-13-5-3-4-6-14(13)22-15/h11-12,16H,3-10H2,1-2H3,(H,19,21)/t16-/m0/s1. The van der Waals surface area contributed by atoms with Gasteiger partial charge in [0.25, 0.3) is 5.91 Å². The van der Waals surface area contributed by atoms with Gasteiger partial charge in [-0.25, -0.2) is 0 Å². The number of carbonyl (C=O) groups excluding carboxylic acids is 1. The van der Waals surface area contributed by atoms with Crippen molar-refractivity contribution in [2.75, 3.05) is 13.1 Å². The van der Waals surface area contributed by atoms with Crippen LogP contribution in [0.5, 0.6) is 0 Å². The van der Waals surface area contributed by atoms with E-state index < -0.39 is 0 Å². The van der Waals surface area contributed by atoms with E-state index in [0.29, 0.717) is 12.0 Å². The van der Waals surface area contributed by atoms with Gasteiger partial charge < -0.3 is 5.32 Å². The SMILES string of the molecule is CC1(C)[C@@H](NC(=O)c2cc3c(s2)CCCC3)C2CCN1CC2. The molecule has 4 heterocycles. The van der Waals surface area contributed by atoms with Crippen molar-refractivity contribution >= 4 is 17.2 Å². The average molecular weight is 318 g/mol. The Labute approximate surface area is 137 Å². The molecule has 1 aromatic rings. The average Bonchev–Trinajstić information content (AvgIpc) is 2.95. The number of carbonyl (C=O) groups is 1. The van der Waals surface area contributed by atoms with Crippen molar-refractivity contribution in [3.05, 3.63) is 21.4 Å². The summed E-state index contributed by atoms with van der Waals surface area (Å²) in [5, 5.41) is 3.40. The zero-order chi connectivity index (χ0) is 15.3. The van der Waals surface area contributed by atoms with Crippen molar-refractivity contribution in [3.8, 4) is 0 Å². The summed E-state index contributed by atoms with van der Waals surface area (Å²) in [5.74, 6) is 0.810. The van der Waals surface area contributed by atoms with Crippen LogP contribution in [0.1, 0.15) is 59.6 Å². The fourth-order valence-electron chi connectivity index (χ4n) is 4.69. The lowest BCUT2D eigenvalue weighted by Crippen LogP contribution is -2.69. The minimum Gasteiger partial charge on any atom is -0.346 e. The van der Waals surface area contributed by atoms with E-state index in [0.717, 1.165) is 11.3 Å². The van der Waals surface area contributed by atoms with Gasteiger partial charge in [-0.3, -0.25) is 9.69 Å². The Balaban J connectivity index is 1.53. The first kappa shape index (κ1) is 14.7. The number of amides is 1. The summed E-state index contributed by atoms with van der Waals surface area (Å²) in [7, 11) is 0. The number of rotatable bonds is 2. The molecule has 1 N–H and O–H groups in total. The first-order valence-corrected chi connectivity index (χ1v) is 9.55. The van der Waals surface area contributed by atoms with Crippen molar-refractivity contribution in [2.45, 2.75) is 64.0 Å². The molecule has 120 valence electrons. The van der Waals surface area contributed by atoms with E-state index in [1.54, 1.807) is 11.3 Å². The molecule has 0 radical (unpaired) electrons. The highest BCUT2D eigenvalue weighted by Gasteiger charge is 2.48. The van der Waals surface area contributed by atoms with Crippen LogP contribution in [0, 0.1) is 5.92 Å². The number of hydrogen-bond donors (Lipinski definition) is 1. The van der Waals surface area contributed by atoms with E-state index in [4.69, 9.17) is 0 Å². The molecule has 1 atom stereocenters. The third-order valence-electron chi connectivity index (χ3n) is 6.09.